The molecule has 2 aromatic carbocycles. The van der Waals surface area contributed by atoms with Gasteiger partial charge >= 0.3 is 6.03 Å². The van der Waals surface area contributed by atoms with Crippen LogP contribution in [0.4, 0.5) is 14.9 Å². The van der Waals surface area contributed by atoms with Crippen molar-refractivity contribution < 1.29 is 13.4 Å². The number of nitrogens with one attached hydrogen (secondary N) is 1. The molecule has 4 nitrogen and oxygen atoms in total. The van der Waals surface area contributed by atoms with Crippen molar-refractivity contribution in [1.82, 2.24) is 4.90 Å². The van der Waals surface area contributed by atoms with E-state index in [1.54, 1.807) is 36.4 Å². The smallest absolute Gasteiger partial charge is 0.321 e. The molecule has 0 unspecified atom stereocenters. The van der Waals surface area contributed by atoms with Gasteiger partial charge in [-0.1, -0.05) is 18.2 Å². The minimum atomic E-state index is -1.03. The molecule has 1 N–H and O–H groups in total. The van der Waals surface area contributed by atoms with Crippen LogP contribution < -0.4 is 5.32 Å². The molecule has 2 aromatic rings. The third kappa shape index (κ3) is 4.20. The van der Waals surface area contributed by atoms with Crippen LogP contribution in [0, 0.1) is 12.7 Å². The highest BCUT2D eigenvalue weighted by molar-refractivity contribution is 7.84. The number of anilines is 1. The van der Waals surface area contributed by atoms with Crippen LogP contribution in [0.3, 0.4) is 0 Å². The summed E-state index contributed by atoms with van der Waals surface area (Å²) >= 11 is 0. The second-order valence-corrected chi connectivity index (χ2v) is 7.08. The maximum absolute atomic E-state index is 13.3. The number of aryl methyl sites for hydroxylation is 1. The fraction of sp³-hybridized carbons (Fsp3) is 0.278. The summed E-state index contributed by atoms with van der Waals surface area (Å²) in [4.78, 5) is 14.7. The van der Waals surface area contributed by atoms with Gasteiger partial charge in [0.25, 0.3) is 0 Å². The Kier molecular flexibility index (Phi) is 5.72. The van der Waals surface area contributed by atoms with Gasteiger partial charge in [-0.25, -0.2) is 9.18 Å². The number of halogens is 1. The molecule has 6 heteroatoms. The van der Waals surface area contributed by atoms with Crippen molar-refractivity contribution in [3.63, 3.8) is 0 Å². The molecule has 0 radical (unpaired) electrons. The van der Waals surface area contributed by atoms with E-state index in [4.69, 9.17) is 0 Å². The Balaban J connectivity index is 2.11. The SMILES string of the molecule is Cc1ccc(F)cc1NC(=O)N(C)[C@@H](C)c1ccc([S@@](C)=O)cc1. The molecule has 0 fully saturated rings. The van der Waals surface area contributed by atoms with Crippen LogP contribution in [-0.4, -0.2) is 28.4 Å². The Hall–Kier alpha value is -2.21. The van der Waals surface area contributed by atoms with Gasteiger partial charge in [0, 0.05) is 34.7 Å². The van der Waals surface area contributed by atoms with Gasteiger partial charge in [-0.05, 0) is 49.2 Å². The maximum Gasteiger partial charge on any atom is 0.322 e. The Morgan fingerprint density at radius 3 is 2.42 bits per heavy atom. The average molecular weight is 348 g/mol. The first-order chi connectivity index (χ1) is 11.3. The molecule has 0 aliphatic heterocycles. The monoisotopic (exact) mass is 348 g/mol. The molecular formula is C18H21FN2O2S. The molecule has 0 saturated heterocycles. The summed E-state index contributed by atoms with van der Waals surface area (Å²) in [6.45, 7) is 3.71. The van der Waals surface area contributed by atoms with E-state index in [0.717, 1.165) is 16.0 Å². The van der Waals surface area contributed by atoms with E-state index >= 15 is 0 Å². The summed E-state index contributed by atoms with van der Waals surface area (Å²) in [6.07, 6.45) is 1.62. The van der Waals surface area contributed by atoms with Gasteiger partial charge in [0.05, 0.1) is 6.04 Å². The lowest BCUT2D eigenvalue weighted by molar-refractivity contribution is 0.208. The first-order valence-corrected chi connectivity index (χ1v) is 9.08. The van der Waals surface area contributed by atoms with Crippen LogP contribution in [0.15, 0.2) is 47.4 Å². The molecule has 0 aliphatic rings. The molecule has 128 valence electrons. The van der Waals surface area contributed by atoms with Crippen molar-refractivity contribution in [3.8, 4) is 0 Å². The van der Waals surface area contributed by atoms with E-state index in [-0.39, 0.29) is 12.1 Å². The molecule has 24 heavy (non-hydrogen) atoms. The quantitative estimate of drug-likeness (QED) is 0.904. The highest BCUT2D eigenvalue weighted by Crippen LogP contribution is 2.22. The van der Waals surface area contributed by atoms with Gasteiger partial charge in [0.2, 0.25) is 0 Å². The number of benzene rings is 2. The fourth-order valence-electron chi connectivity index (χ4n) is 2.27. The minimum absolute atomic E-state index is 0.182. The second kappa shape index (κ2) is 7.57. The van der Waals surface area contributed by atoms with Crippen LogP contribution >= 0.6 is 0 Å². The summed E-state index contributed by atoms with van der Waals surface area (Å²) in [5, 5.41) is 2.73. The molecule has 2 rings (SSSR count). The summed E-state index contributed by atoms with van der Waals surface area (Å²) in [6, 6.07) is 11.1. The zero-order valence-electron chi connectivity index (χ0n) is 14.2. The van der Waals surface area contributed by atoms with Crippen LogP contribution in [0.5, 0.6) is 0 Å². The van der Waals surface area contributed by atoms with Gasteiger partial charge in [-0.3, -0.25) is 4.21 Å². The normalized spacial score (nSPS) is 13.2. The fourth-order valence-corrected chi connectivity index (χ4v) is 2.79. The molecule has 0 aliphatic carbocycles. The van der Waals surface area contributed by atoms with E-state index in [1.807, 2.05) is 26.0 Å². The van der Waals surface area contributed by atoms with Crippen LogP contribution in [0.2, 0.25) is 0 Å². The lowest BCUT2D eigenvalue weighted by Gasteiger charge is -2.26. The van der Waals surface area contributed by atoms with Crippen molar-refractivity contribution >= 4 is 22.5 Å². The number of nitrogens with zero attached hydrogens (tertiary/aromatic N) is 1. The number of amides is 2. The number of rotatable bonds is 4. The van der Waals surface area contributed by atoms with Gasteiger partial charge < -0.3 is 10.2 Å². The zero-order chi connectivity index (χ0) is 17.9. The largest absolute Gasteiger partial charge is 0.322 e. The molecular weight excluding hydrogens is 327 g/mol. The summed E-state index contributed by atoms with van der Waals surface area (Å²) in [5.41, 5.74) is 2.18. The van der Waals surface area contributed by atoms with Crippen molar-refractivity contribution in [2.75, 3.05) is 18.6 Å². The highest BCUT2D eigenvalue weighted by Gasteiger charge is 2.18. The van der Waals surface area contributed by atoms with E-state index < -0.39 is 16.6 Å². The van der Waals surface area contributed by atoms with Crippen molar-refractivity contribution in [2.45, 2.75) is 24.8 Å². The number of hydrogen-bond donors (Lipinski definition) is 1. The van der Waals surface area contributed by atoms with E-state index in [0.29, 0.717) is 5.69 Å². The summed E-state index contributed by atoms with van der Waals surface area (Å²) in [7, 11) is 0.651. The summed E-state index contributed by atoms with van der Waals surface area (Å²) in [5.74, 6) is -0.394. The van der Waals surface area contributed by atoms with Gasteiger partial charge in [-0.2, -0.15) is 0 Å². The van der Waals surface area contributed by atoms with Crippen LogP contribution in [-0.2, 0) is 10.8 Å². The molecule has 0 bridgehead atoms. The topological polar surface area (TPSA) is 49.4 Å². The molecule has 0 aromatic heterocycles. The first-order valence-electron chi connectivity index (χ1n) is 7.53. The second-order valence-electron chi connectivity index (χ2n) is 5.70. The van der Waals surface area contributed by atoms with Crippen molar-refractivity contribution in [2.24, 2.45) is 0 Å². The molecule has 0 heterocycles. The lowest BCUT2D eigenvalue weighted by atomic mass is 10.1. The first kappa shape index (κ1) is 18.1. The lowest BCUT2D eigenvalue weighted by Crippen LogP contribution is -2.33. The highest BCUT2D eigenvalue weighted by atomic mass is 32.2. The number of carbonyl (C=O) groups is 1. The molecule has 2 amide bonds. The Bertz CT molecular complexity index is 762. The third-order valence-electron chi connectivity index (χ3n) is 4.04. The third-order valence-corrected chi connectivity index (χ3v) is 4.97. The number of carbonyl (C=O) groups excluding carboxylic acids is 1. The Morgan fingerprint density at radius 1 is 1.21 bits per heavy atom. The Labute approximate surface area is 144 Å². The average Bonchev–Trinajstić information content (AvgIpc) is 2.56. The number of urea groups is 1. The van der Waals surface area contributed by atoms with E-state index in [1.165, 1.54) is 12.1 Å². The predicted octanol–water partition coefficient (Wildman–Crippen LogP) is 4.10. The van der Waals surface area contributed by atoms with Gasteiger partial charge in [0.15, 0.2) is 0 Å². The standard InChI is InChI=1S/C18H21FN2O2S/c1-12-5-8-15(19)11-17(12)20-18(22)21(3)13(2)14-6-9-16(10-7-14)24(4)23/h5-11,13H,1-4H3,(H,20,22)/t13-,24+/m0/s1. The van der Waals surface area contributed by atoms with Crippen molar-refractivity contribution in [1.29, 1.82) is 0 Å². The van der Waals surface area contributed by atoms with Crippen LogP contribution in [0.25, 0.3) is 0 Å². The van der Waals surface area contributed by atoms with E-state index in [2.05, 4.69) is 5.32 Å². The maximum atomic E-state index is 13.3. The molecule has 0 saturated carbocycles. The van der Waals surface area contributed by atoms with Crippen molar-refractivity contribution in [3.05, 3.63) is 59.4 Å². The van der Waals surface area contributed by atoms with E-state index in [9.17, 15) is 13.4 Å². The minimum Gasteiger partial charge on any atom is -0.321 e. The summed E-state index contributed by atoms with van der Waals surface area (Å²) < 4.78 is 24.8. The van der Waals surface area contributed by atoms with Crippen LogP contribution in [0.1, 0.15) is 24.1 Å². The molecule has 0 spiro atoms. The zero-order valence-corrected chi connectivity index (χ0v) is 15.0. The number of hydrogen-bond acceptors (Lipinski definition) is 2. The molecule has 2 atom stereocenters. The van der Waals surface area contributed by atoms with Gasteiger partial charge in [-0.15, -0.1) is 0 Å². The Morgan fingerprint density at radius 2 is 1.83 bits per heavy atom. The predicted molar refractivity (Wildman–Crippen MR) is 95.1 cm³/mol. The van der Waals surface area contributed by atoms with Gasteiger partial charge in [0.1, 0.15) is 5.82 Å².